The molecular weight excluding hydrogens is 294 g/mol. The molecule has 0 aromatic carbocycles. The van der Waals surface area contributed by atoms with E-state index in [4.69, 9.17) is 4.74 Å². The van der Waals surface area contributed by atoms with Crippen molar-refractivity contribution in [2.75, 3.05) is 24.2 Å². The van der Waals surface area contributed by atoms with Crippen LogP contribution in [0.15, 0.2) is 0 Å². The molecule has 0 atom stereocenters. The highest BCUT2D eigenvalue weighted by molar-refractivity contribution is 9.09. The molecule has 0 unspecified atom stereocenters. The van der Waals surface area contributed by atoms with Gasteiger partial charge in [0.15, 0.2) is 0 Å². The second kappa shape index (κ2) is 6.93. The number of alkyl halides is 1. The fourth-order valence-corrected chi connectivity index (χ4v) is 2.09. The van der Waals surface area contributed by atoms with Gasteiger partial charge in [-0.3, -0.25) is 0 Å². The normalized spacial score (nSPS) is 13.4. The minimum Gasteiger partial charge on any atom is -0.378 e. The van der Waals surface area contributed by atoms with Crippen molar-refractivity contribution in [3.05, 3.63) is 0 Å². The zero-order chi connectivity index (χ0) is 12.8. The van der Waals surface area contributed by atoms with E-state index in [1.165, 1.54) is 0 Å². The van der Waals surface area contributed by atoms with Gasteiger partial charge < -0.3 is 4.74 Å². The van der Waals surface area contributed by atoms with Crippen LogP contribution in [0.4, 0.5) is 0 Å². The lowest BCUT2D eigenvalue weighted by Crippen LogP contribution is -2.37. The smallest absolute Gasteiger partial charge is 0.213 e. The minimum atomic E-state index is -3.22. The summed E-state index contributed by atoms with van der Waals surface area (Å²) >= 11 is 3.35. The van der Waals surface area contributed by atoms with Crippen LogP contribution in [0.2, 0.25) is 0 Å². The Balaban J connectivity index is 3.97. The van der Waals surface area contributed by atoms with Crippen LogP contribution in [0.5, 0.6) is 0 Å². The van der Waals surface area contributed by atoms with Gasteiger partial charge in [-0.1, -0.05) is 29.8 Å². The van der Waals surface area contributed by atoms with Crippen molar-refractivity contribution in [1.82, 2.24) is 4.72 Å². The van der Waals surface area contributed by atoms with Gasteiger partial charge >= 0.3 is 0 Å². The Morgan fingerprint density at radius 2 is 1.94 bits per heavy atom. The van der Waals surface area contributed by atoms with E-state index in [1.807, 2.05) is 27.7 Å². The first-order valence-electron chi connectivity index (χ1n) is 5.33. The van der Waals surface area contributed by atoms with Crippen LogP contribution >= 0.6 is 15.9 Å². The van der Waals surface area contributed by atoms with Crippen LogP contribution in [0.1, 0.15) is 27.7 Å². The predicted octanol–water partition coefficient (Wildman–Crippen LogP) is 1.75. The summed E-state index contributed by atoms with van der Waals surface area (Å²) in [6.45, 7) is 8.43. The fraction of sp³-hybridized carbons (Fsp3) is 1.00. The van der Waals surface area contributed by atoms with E-state index in [2.05, 4.69) is 20.7 Å². The van der Waals surface area contributed by atoms with E-state index >= 15 is 0 Å². The number of ether oxygens (including phenoxy) is 1. The number of hydrogen-bond donors (Lipinski definition) is 1. The third-order valence-electron chi connectivity index (χ3n) is 1.94. The van der Waals surface area contributed by atoms with Crippen LogP contribution < -0.4 is 4.72 Å². The molecule has 0 aliphatic heterocycles. The van der Waals surface area contributed by atoms with Gasteiger partial charge in [-0.2, -0.15) is 0 Å². The lowest BCUT2D eigenvalue weighted by atomic mass is 9.98. The molecule has 0 aliphatic carbocycles. The van der Waals surface area contributed by atoms with E-state index < -0.39 is 10.0 Å². The Labute approximate surface area is 107 Å². The summed E-state index contributed by atoms with van der Waals surface area (Å²) in [7, 11) is -3.22. The summed E-state index contributed by atoms with van der Waals surface area (Å²) in [6, 6.07) is 0. The lowest BCUT2D eigenvalue weighted by molar-refractivity contribution is 0.0911. The molecule has 16 heavy (non-hydrogen) atoms. The van der Waals surface area contributed by atoms with Crippen molar-refractivity contribution in [1.29, 1.82) is 0 Å². The highest BCUT2D eigenvalue weighted by Crippen LogP contribution is 2.16. The average Bonchev–Trinajstić information content (AvgIpc) is 2.14. The molecule has 0 bridgehead atoms. The zero-order valence-electron chi connectivity index (χ0n) is 10.4. The first-order valence-corrected chi connectivity index (χ1v) is 8.11. The second-order valence-electron chi connectivity index (χ2n) is 4.86. The van der Waals surface area contributed by atoms with Gasteiger partial charge in [0, 0.05) is 11.9 Å². The second-order valence-corrected chi connectivity index (χ2v) is 7.34. The predicted molar refractivity (Wildman–Crippen MR) is 70.5 cm³/mol. The first-order chi connectivity index (χ1) is 7.18. The van der Waals surface area contributed by atoms with Crippen LogP contribution in [-0.4, -0.2) is 38.8 Å². The molecule has 1 N–H and O–H groups in total. The van der Waals surface area contributed by atoms with Crippen molar-refractivity contribution in [2.24, 2.45) is 5.41 Å². The maximum atomic E-state index is 11.6. The lowest BCUT2D eigenvalue weighted by Gasteiger charge is -2.21. The quantitative estimate of drug-likeness (QED) is 0.694. The Morgan fingerprint density at radius 3 is 2.38 bits per heavy atom. The van der Waals surface area contributed by atoms with Gasteiger partial charge in [-0.15, -0.1) is 0 Å². The van der Waals surface area contributed by atoms with Crippen molar-refractivity contribution in [2.45, 2.75) is 33.8 Å². The summed E-state index contributed by atoms with van der Waals surface area (Å²) in [5, 5.41) is 0.755. The van der Waals surface area contributed by atoms with E-state index in [0.717, 1.165) is 5.33 Å². The average molecular weight is 316 g/mol. The largest absolute Gasteiger partial charge is 0.378 e. The van der Waals surface area contributed by atoms with Gasteiger partial charge in [0.05, 0.1) is 18.5 Å². The van der Waals surface area contributed by atoms with Crippen molar-refractivity contribution in [3.8, 4) is 0 Å². The van der Waals surface area contributed by atoms with E-state index in [0.29, 0.717) is 6.54 Å². The molecule has 0 saturated carbocycles. The summed E-state index contributed by atoms with van der Waals surface area (Å²) in [5.41, 5.74) is -0.0774. The van der Waals surface area contributed by atoms with Crippen LogP contribution in [-0.2, 0) is 14.8 Å². The maximum absolute atomic E-state index is 11.6. The van der Waals surface area contributed by atoms with E-state index in [9.17, 15) is 8.42 Å². The SMILES string of the molecule is CC(C)OCCS(=O)(=O)NCC(C)(C)CBr. The Kier molecular flexibility index (Phi) is 7.09. The molecule has 98 valence electrons. The minimum absolute atomic E-state index is 0.0174. The number of nitrogens with one attached hydrogen (secondary N) is 1. The molecule has 0 aromatic heterocycles. The van der Waals surface area contributed by atoms with Crippen molar-refractivity contribution in [3.63, 3.8) is 0 Å². The maximum Gasteiger partial charge on any atom is 0.213 e. The van der Waals surface area contributed by atoms with Gasteiger partial charge in [-0.05, 0) is 19.3 Å². The van der Waals surface area contributed by atoms with Gasteiger partial charge in [-0.25, -0.2) is 13.1 Å². The number of sulfonamides is 1. The molecule has 0 radical (unpaired) electrons. The summed E-state index contributed by atoms with van der Waals surface area (Å²) in [6.07, 6.45) is 0.0641. The Morgan fingerprint density at radius 1 is 1.38 bits per heavy atom. The molecule has 0 rings (SSSR count). The van der Waals surface area contributed by atoms with Gasteiger partial charge in [0.25, 0.3) is 0 Å². The van der Waals surface area contributed by atoms with E-state index in [1.54, 1.807) is 0 Å². The molecule has 0 aromatic rings. The third-order valence-corrected chi connectivity index (χ3v) is 4.74. The molecule has 0 spiro atoms. The summed E-state index contributed by atoms with van der Waals surface area (Å²) in [5.74, 6) is 0.0174. The van der Waals surface area contributed by atoms with Crippen LogP contribution in [0.3, 0.4) is 0 Å². The highest BCUT2D eigenvalue weighted by Gasteiger charge is 2.19. The van der Waals surface area contributed by atoms with Crippen molar-refractivity contribution >= 4 is 26.0 Å². The topological polar surface area (TPSA) is 55.4 Å². The third kappa shape index (κ3) is 8.50. The Bertz CT molecular complexity index is 288. The Hall–Kier alpha value is 0.350. The molecule has 0 fully saturated rings. The fourth-order valence-electron chi connectivity index (χ4n) is 0.818. The molecule has 0 amide bonds. The van der Waals surface area contributed by atoms with Crippen molar-refractivity contribution < 1.29 is 13.2 Å². The summed E-state index contributed by atoms with van der Waals surface area (Å²) < 4.78 is 30.9. The standard InChI is InChI=1S/C10H22BrNO3S/c1-9(2)15-5-6-16(13,14)12-8-10(3,4)7-11/h9,12H,5-8H2,1-4H3. The van der Waals surface area contributed by atoms with E-state index in [-0.39, 0.29) is 23.9 Å². The number of hydrogen-bond acceptors (Lipinski definition) is 3. The van der Waals surface area contributed by atoms with Gasteiger partial charge in [0.2, 0.25) is 10.0 Å². The molecule has 0 aliphatic rings. The molecule has 4 nitrogen and oxygen atoms in total. The summed E-state index contributed by atoms with van der Waals surface area (Å²) in [4.78, 5) is 0. The first kappa shape index (κ1) is 16.4. The molecule has 6 heteroatoms. The highest BCUT2D eigenvalue weighted by atomic mass is 79.9. The molecule has 0 heterocycles. The molecular formula is C10H22BrNO3S. The van der Waals surface area contributed by atoms with Crippen LogP contribution in [0, 0.1) is 5.41 Å². The zero-order valence-corrected chi connectivity index (χ0v) is 12.8. The number of halogens is 1. The number of rotatable bonds is 8. The van der Waals surface area contributed by atoms with Gasteiger partial charge in [0.1, 0.15) is 0 Å². The van der Waals surface area contributed by atoms with Crippen LogP contribution in [0.25, 0.3) is 0 Å². The monoisotopic (exact) mass is 315 g/mol. The molecule has 0 saturated heterocycles.